The van der Waals surface area contributed by atoms with E-state index in [0.29, 0.717) is 37.2 Å². The molecule has 4 rings (SSSR count). The Kier molecular flexibility index (Phi) is 4.68. The fourth-order valence-electron chi connectivity index (χ4n) is 4.00. The first-order valence-electron chi connectivity index (χ1n) is 9.10. The standard InChI is InChI=1S/C21H19N5O2/c1-28-12-18-7-17(10-25(18)13-23)26-11-20-19(21(26)27)6-16(9-24-20)15-4-2-3-14(5-15)8-22/h2-6,9,17-18H,7,10-12H2,1H3/t17-,18+/m1/s1. The van der Waals surface area contributed by atoms with Crippen molar-refractivity contribution in [1.82, 2.24) is 14.8 Å². The highest BCUT2D eigenvalue weighted by Gasteiger charge is 2.41. The van der Waals surface area contributed by atoms with Crippen molar-refractivity contribution in [2.75, 3.05) is 20.3 Å². The summed E-state index contributed by atoms with van der Waals surface area (Å²) in [5, 5.41) is 18.5. The minimum absolute atomic E-state index is 0.00578. The molecule has 2 atom stereocenters. The van der Waals surface area contributed by atoms with Crippen LogP contribution in [0.3, 0.4) is 0 Å². The smallest absolute Gasteiger partial charge is 0.256 e. The zero-order valence-corrected chi connectivity index (χ0v) is 15.5. The molecule has 0 N–H and O–H groups in total. The molecule has 1 amide bonds. The Morgan fingerprint density at radius 1 is 1.29 bits per heavy atom. The summed E-state index contributed by atoms with van der Waals surface area (Å²) in [4.78, 5) is 21.1. The number of aromatic nitrogens is 1. The lowest BCUT2D eigenvalue weighted by Crippen LogP contribution is -2.37. The van der Waals surface area contributed by atoms with Gasteiger partial charge in [-0.1, -0.05) is 12.1 Å². The van der Waals surface area contributed by atoms with Crippen molar-refractivity contribution in [3.63, 3.8) is 0 Å². The first kappa shape index (κ1) is 18.0. The zero-order valence-electron chi connectivity index (χ0n) is 15.5. The lowest BCUT2D eigenvalue weighted by molar-refractivity contribution is 0.0709. The minimum Gasteiger partial charge on any atom is -0.383 e. The molecule has 1 fully saturated rings. The molecular weight excluding hydrogens is 354 g/mol. The highest BCUT2D eigenvalue weighted by molar-refractivity contribution is 5.99. The van der Waals surface area contributed by atoms with E-state index in [0.717, 1.165) is 16.8 Å². The molecule has 0 radical (unpaired) electrons. The quantitative estimate of drug-likeness (QED) is 0.763. The average Bonchev–Trinajstić information content (AvgIpc) is 3.28. The van der Waals surface area contributed by atoms with Gasteiger partial charge in [0, 0.05) is 25.4 Å². The number of hydrogen-bond acceptors (Lipinski definition) is 6. The number of likely N-dealkylation sites (tertiary alicyclic amines) is 1. The van der Waals surface area contributed by atoms with Crippen LogP contribution in [0.1, 0.15) is 28.0 Å². The van der Waals surface area contributed by atoms with Crippen LogP contribution >= 0.6 is 0 Å². The molecule has 0 spiro atoms. The lowest BCUT2D eigenvalue weighted by atomic mass is 10.0. The summed E-state index contributed by atoms with van der Waals surface area (Å²) in [6.07, 6.45) is 4.66. The normalized spacial score (nSPS) is 20.8. The first-order chi connectivity index (χ1) is 13.6. The molecule has 2 aromatic rings. The van der Waals surface area contributed by atoms with E-state index in [2.05, 4.69) is 17.2 Å². The lowest BCUT2D eigenvalue weighted by Gasteiger charge is -2.22. The van der Waals surface area contributed by atoms with Gasteiger partial charge < -0.3 is 14.5 Å². The van der Waals surface area contributed by atoms with Crippen LogP contribution in [0.25, 0.3) is 11.1 Å². The monoisotopic (exact) mass is 373 g/mol. The molecular formula is C21H19N5O2. The summed E-state index contributed by atoms with van der Waals surface area (Å²) in [6.45, 7) is 1.44. The first-order valence-corrected chi connectivity index (χ1v) is 9.10. The summed E-state index contributed by atoms with van der Waals surface area (Å²) >= 11 is 0. The van der Waals surface area contributed by atoms with Crippen LogP contribution in [0.5, 0.6) is 0 Å². The van der Waals surface area contributed by atoms with Crippen molar-refractivity contribution >= 4 is 5.91 Å². The fraction of sp³-hybridized carbons (Fsp3) is 0.333. The second-order valence-electron chi connectivity index (χ2n) is 7.09. The van der Waals surface area contributed by atoms with Gasteiger partial charge in [0.1, 0.15) is 0 Å². The van der Waals surface area contributed by atoms with Gasteiger partial charge in [-0.05, 0) is 30.2 Å². The molecule has 7 heteroatoms. The Balaban J connectivity index is 1.58. The maximum atomic E-state index is 13.1. The molecule has 140 valence electrons. The molecule has 0 aliphatic carbocycles. The van der Waals surface area contributed by atoms with Gasteiger partial charge in [-0.25, -0.2) is 0 Å². The number of ether oxygens (including phenoxy) is 1. The fourth-order valence-corrected chi connectivity index (χ4v) is 4.00. The van der Waals surface area contributed by atoms with E-state index in [4.69, 9.17) is 10.00 Å². The van der Waals surface area contributed by atoms with Crippen molar-refractivity contribution in [1.29, 1.82) is 10.5 Å². The predicted octanol–water partition coefficient (Wildman–Crippen LogP) is 2.15. The number of methoxy groups -OCH3 is 1. The van der Waals surface area contributed by atoms with Gasteiger partial charge in [0.2, 0.25) is 0 Å². The molecule has 1 saturated heterocycles. The van der Waals surface area contributed by atoms with Gasteiger partial charge in [0.05, 0.1) is 48.1 Å². The van der Waals surface area contributed by atoms with Crippen molar-refractivity contribution in [3.05, 3.63) is 53.3 Å². The molecule has 0 unspecified atom stereocenters. The maximum Gasteiger partial charge on any atom is 0.256 e. The largest absolute Gasteiger partial charge is 0.383 e. The van der Waals surface area contributed by atoms with Crippen LogP contribution in [0.15, 0.2) is 36.5 Å². The number of pyridine rings is 1. The van der Waals surface area contributed by atoms with E-state index in [1.165, 1.54) is 0 Å². The third-order valence-electron chi connectivity index (χ3n) is 5.43. The van der Waals surface area contributed by atoms with Crippen LogP contribution in [-0.2, 0) is 11.3 Å². The summed E-state index contributed by atoms with van der Waals surface area (Å²) in [5.74, 6) is -0.0539. The number of benzene rings is 1. The van der Waals surface area contributed by atoms with Crippen molar-refractivity contribution in [2.24, 2.45) is 0 Å². The van der Waals surface area contributed by atoms with Gasteiger partial charge in [0.25, 0.3) is 5.91 Å². The highest BCUT2D eigenvalue weighted by atomic mass is 16.5. The molecule has 2 aliphatic rings. The summed E-state index contributed by atoms with van der Waals surface area (Å²) in [7, 11) is 1.62. The number of amides is 1. The van der Waals surface area contributed by atoms with Crippen LogP contribution < -0.4 is 0 Å². The number of rotatable bonds is 4. The summed E-state index contributed by atoms with van der Waals surface area (Å²) in [5.41, 5.74) is 3.59. The van der Waals surface area contributed by atoms with Crippen LogP contribution in [0, 0.1) is 22.8 Å². The summed E-state index contributed by atoms with van der Waals surface area (Å²) < 4.78 is 5.21. The number of nitriles is 2. The van der Waals surface area contributed by atoms with Gasteiger partial charge in [-0.2, -0.15) is 10.5 Å². The molecule has 1 aromatic carbocycles. The minimum atomic E-state index is -0.0539. The maximum absolute atomic E-state index is 13.1. The molecule has 0 saturated carbocycles. The van der Waals surface area contributed by atoms with Gasteiger partial charge in [-0.3, -0.25) is 9.78 Å². The van der Waals surface area contributed by atoms with E-state index in [9.17, 15) is 10.1 Å². The Bertz CT molecular complexity index is 1010. The van der Waals surface area contributed by atoms with Crippen LogP contribution in [-0.4, -0.2) is 53.0 Å². The summed E-state index contributed by atoms with van der Waals surface area (Å²) in [6, 6.07) is 11.2. The van der Waals surface area contributed by atoms with Crippen molar-refractivity contribution < 1.29 is 9.53 Å². The van der Waals surface area contributed by atoms with Crippen molar-refractivity contribution in [3.8, 4) is 23.4 Å². The third kappa shape index (κ3) is 3.06. The van der Waals surface area contributed by atoms with Gasteiger partial charge in [-0.15, -0.1) is 0 Å². The van der Waals surface area contributed by atoms with E-state index in [1.807, 2.05) is 23.1 Å². The Labute approximate surface area is 163 Å². The molecule has 2 aliphatic heterocycles. The molecule has 1 aromatic heterocycles. The number of fused-ring (bicyclic) bond motifs is 1. The Morgan fingerprint density at radius 2 is 2.14 bits per heavy atom. The number of carbonyl (C=O) groups is 1. The second-order valence-corrected chi connectivity index (χ2v) is 7.09. The third-order valence-corrected chi connectivity index (χ3v) is 5.43. The molecule has 3 heterocycles. The van der Waals surface area contributed by atoms with E-state index in [1.54, 1.807) is 30.3 Å². The van der Waals surface area contributed by atoms with E-state index >= 15 is 0 Å². The average molecular weight is 373 g/mol. The van der Waals surface area contributed by atoms with Crippen LogP contribution in [0.2, 0.25) is 0 Å². The van der Waals surface area contributed by atoms with Crippen molar-refractivity contribution in [2.45, 2.75) is 25.0 Å². The number of carbonyl (C=O) groups excluding carboxylic acids is 1. The topological polar surface area (TPSA) is 93.2 Å². The second kappa shape index (κ2) is 7.30. The highest BCUT2D eigenvalue weighted by Crippen LogP contribution is 2.31. The van der Waals surface area contributed by atoms with Gasteiger partial charge in [0.15, 0.2) is 6.19 Å². The predicted molar refractivity (Wildman–Crippen MR) is 101 cm³/mol. The van der Waals surface area contributed by atoms with Crippen LogP contribution in [0.4, 0.5) is 0 Å². The Hall–Kier alpha value is -3.42. The Morgan fingerprint density at radius 3 is 2.89 bits per heavy atom. The number of nitrogens with zero attached hydrogens (tertiary/aromatic N) is 5. The van der Waals surface area contributed by atoms with E-state index < -0.39 is 0 Å². The number of hydrogen-bond donors (Lipinski definition) is 0. The zero-order chi connectivity index (χ0) is 19.7. The van der Waals surface area contributed by atoms with Gasteiger partial charge >= 0.3 is 0 Å². The molecule has 0 bridgehead atoms. The van der Waals surface area contributed by atoms with E-state index in [-0.39, 0.29) is 18.0 Å². The molecule has 28 heavy (non-hydrogen) atoms. The molecule has 7 nitrogen and oxygen atoms in total. The SMILES string of the molecule is COC[C@@H]1C[C@@H](N2Cc3ncc(-c4cccc(C#N)c4)cc3C2=O)CN1C#N.